The Morgan fingerprint density at radius 2 is 1.53 bits per heavy atom. The third-order valence-corrected chi connectivity index (χ3v) is 7.70. The van der Waals surface area contributed by atoms with E-state index in [9.17, 15) is 45.6 Å². The normalized spacial score (nSPS) is 36.0. The smallest absolute Gasteiger partial charge is 0.229 e. The maximum absolute atomic E-state index is 12.9. The summed E-state index contributed by atoms with van der Waals surface area (Å²) in [5.74, 6) is -0.999. The molecule has 43 heavy (non-hydrogen) atoms. The van der Waals surface area contributed by atoms with Gasteiger partial charge < -0.3 is 69.3 Å². The molecule has 5 rings (SSSR count). The number of benzene rings is 2. The van der Waals surface area contributed by atoms with Crippen LogP contribution in [0.1, 0.15) is 35.4 Å². The fourth-order valence-corrected chi connectivity index (χ4v) is 5.20. The summed E-state index contributed by atoms with van der Waals surface area (Å²) in [6, 6.07) is 6.90. The van der Waals surface area contributed by atoms with Crippen molar-refractivity contribution in [3.8, 4) is 28.7 Å². The van der Waals surface area contributed by atoms with Crippen molar-refractivity contribution in [3.05, 3.63) is 41.5 Å². The van der Waals surface area contributed by atoms with Crippen molar-refractivity contribution in [2.75, 3.05) is 13.7 Å². The summed E-state index contributed by atoms with van der Waals surface area (Å²) in [5.41, 5.74) is 0.373. The Balaban J connectivity index is 1.30. The van der Waals surface area contributed by atoms with Crippen LogP contribution in [0.4, 0.5) is 0 Å². The Bertz CT molecular complexity index is 1320. The standard InChI is InChI=1S/C28H34O15/c1-10-21(32)23(34)25(36)27(40-10)39-9-19-22(33)24(35)26(37)28(43-19)41-12-6-14(30)20-15(31)8-17(42-18(20)7-12)11-3-4-16(38-2)13(29)5-11/h3-7,10,17,19,21-30,32-37H,8-9H2,1-2H3/t10-,17+,19-,21+,22-,23-,24-,25-,26-,27-,28-/m1/s1. The average Bonchev–Trinajstić information content (AvgIpc) is 2.97. The first-order valence-corrected chi connectivity index (χ1v) is 13.5. The van der Waals surface area contributed by atoms with E-state index in [1.54, 1.807) is 6.07 Å². The maximum Gasteiger partial charge on any atom is 0.229 e. The number of hydrogen-bond donors (Lipinski definition) is 8. The zero-order valence-electron chi connectivity index (χ0n) is 23.1. The molecule has 0 unspecified atom stereocenters. The molecule has 0 radical (unpaired) electrons. The minimum atomic E-state index is -1.77. The molecular formula is C28H34O15. The molecule has 0 amide bonds. The van der Waals surface area contributed by atoms with Crippen LogP contribution in [0.2, 0.25) is 0 Å². The largest absolute Gasteiger partial charge is 0.507 e. The highest BCUT2D eigenvalue weighted by Gasteiger charge is 2.47. The number of phenolic OH excluding ortho intramolecular Hbond substituents is 2. The number of carbonyl (C=O) groups is 1. The van der Waals surface area contributed by atoms with Gasteiger partial charge in [-0.2, -0.15) is 0 Å². The van der Waals surface area contributed by atoms with Crippen LogP contribution in [-0.2, 0) is 14.2 Å². The van der Waals surface area contributed by atoms with Gasteiger partial charge in [-0.25, -0.2) is 0 Å². The van der Waals surface area contributed by atoms with Gasteiger partial charge >= 0.3 is 0 Å². The number of fused-ring (bicyclic) bond motifs is 1. The first-order chi connectivity index (χ1) is 20.4. The van der Waals surface area contributed by atoms with E-state index < -0.39 is 85.7 Å². The molecule has 3 aliphatic rings. The molecule has 11 atom stereocenters. The van der Waals surface area contributed by atoms with E-state index in [0.717, 1.165) is 6.07 Å². The number of aliphatic hydroxyl groups is 6. The average molecular weight is 611 g/mol. The third-order valence-electron chi connectivity index (χ3n) is 7.70. The van der Waals surface area contributed by atoms with Gasteiger partial charge in [0.25, 0.3) is 0 Å². The lowest BCUT2D eigenvalue weighted by atomic mass is 9.95. The van der Waals surface area contributed by atoms with Gasteiger partial charge in [-0.05, 0) is 24.6 Å². The van der Waals surface area contributed by atoms with Crippen molar-refractivity contribution in [1.29, 1.82) is 0 Å². The van der Waals surface area contributed by atoms with Gasteiger partial charge in [0.05, 0.1) is 26.2 Å². The molecular weight excluding hydrogens is 576 g/mol. The zero-order chi connectivity index (χ0) is 31.2. The number of rotatable bonds is 7. The van der Waals surface area contributed by atoms with Crippen LogP contribution < -0.4 is 14.2 Å². The Morgan fingerprint density at radius 3 is 2.23 bits per heavy atom. The van der Waals surface area contributed by atoms with Crippen LogP contribution in [0, 0.1) is 0 Å². The number of aliphatic hydroxyl groups excluding tert-OH is 6. The van der Waals surface area contributed by atoms with E-state index in [-0.39, 0.29) is 35.0 Å². The van der Waals surface area contributed by atoms with Gasteiger partial charge in [-0.1, -0.05) is 6.07 Å². The van der Waals surface area contributed by atoms with Crippen molar-refractivity contribution in [2.24, 2.45) is 0 Å². The van der Waals surface area contributed by atoms with Crippen LogP contribution in [-0.4, -0.2) is 122 Å². The number of hydrogen-bond acceptors (Lipinski definition) is 15. The molecule has 2 saturated heterocycles. The van der Waals surface area contributed by atoms with E-state index in [0.29, 0.717) is 5.56 Å². The topological polar surface area (TPSA) is 234 Å². The minimum Gasteiger partial charge on any atom is -0.507 e. The highest BCUT2D eigenvalue weighted by atomic mass is 16.7. The molecule has 3 aliphatic heterocycles. The Labute approximate surface area is 245 Å². The summed E-state index contributed by atoms with van der Waals surface area (Å²) in [7, 11) is 1.39. The summed E-state index contributed by atoms with van der Waals surface area (Å²) in [6.45, 7) is 0.964. The second-order valence-electron chi connectivity index (χ2n) is 10.6. The molecule has 8 N–H and O–H groups in total. The Kier molecular flexibility index (Phi) is 8.99. The molecule has 15 nitrogen and oxygen atoms in total. The van der Waals surface area contributed by atoms with Crippen molar-refractivity contribution in [3.63, 3.8) is 0 Å². The fourth-order valence-electron chi connectivity index (χ4n) is 5.20. The van der Waals surface area contributed by atoms with Crippen LogP contribution in [0.25, 0.3) is 0 Å². The molecule has 15 heteroatoms. The molecule has 2 fully saturated rings. The van der Waals surface area contributed by atoms with Crippen molar-refractivity contribution in [2.45, 2.75) is 80.9 Å². The minimum absolute atomic E-state index is 0.0457. The zero-order valence-corrected chi connectivity index (χ0v) is 23.1. The lowest BCUT2D eigenvalue weighted by Gasteiger charge is -2.42. The van der Waals surface area contributed by atoms with Crippen LogP contribution in [0.3, 0.4) is 0 Å². The number of carbonyl (C=O) groups excluding carboxylic acids is 1. The van der Waals surface area contributed by atoms with Gasteiger partial charge in [0.1, 0.15) is 71.6 Å². The maximum atomic E-state index is 12.9. The first kappa shape index (κ1) is 31.2. The third kappa shape index (κ3) is 6.08. The van der Waals surface area contributed by atoms with Crippen molar-refractivity contribution < 1.29 is 74.1 Å². The second kappa shape index (κ2) is 12.4. The number of methoxy groups -OCH3 is 1. The molecule has 236 valence electrons. The molecule has 0 aromatic heterocycles. The van der Waals surface area contributed by atoms with Gasteiger partial charge in [0.15, 0.2) is 23.6 Å². The predicted molar refractivity (Wildman–Crippen MR) is 141 cm³/mol. The number of Topliss-reactive ketones (excluding diaryl/α,β-unsaturated/α-hetero) is 1. The number of ether oxygens (including phenoxy) is 6. The number of aromatic hydroxyl groups is 2. The highest BCUT2D eigenvalue weighted by Crippen LogP contribution is 2.43. The summed E-state index contributed by atoms with van der Waals surface area (Å²) < 4.78 is 33.1. The van der Waals surface area contributed by atoms with Gasteiger partial charge in [-0.3, -0.25) is 4.79 Å². The van der Waals surface area contributed by atoms with Gasteiger partial charge in [0.2, 0.25) is 6.29 Å². The monoisotopic (exact) mass is 610 g/mol. The van der Waals surface area contributed by atoms with Crippen molar-refractivity contribution in [1.82, 2.24) is 0 Å². The van der Waals surface area contributed by atoms with E-state index in [1.807, 2.05) is 0 Å². The lowest BCUT2D eigenvalue weighted by Crippen LogP contribution is -2.61. The highest BCUT2D eigenvalue weighted by molar-refractivity contribution is 6.02. The molecule has 2 aromatic carbocycles. The Hall–Kier alpha value is -3.25. The van der Waals surface area contributed by atoms with Crippen molar-refractivity contribution >= 4 is 5.78 Å². The lowest BCUT2D eigenvalue weighted by molar-refractivity contribution is -0.318. The number of ketones is 1. The molecule has 0 aliphatic carbocycles. The summed E-state index contributed by atoms with van der Waals surface area (Å²) in [5, 5.41) is 82.2. The molecule has 0 saturated carbocycles. The van der Waals surface area contributed by atoms with Crippen LogP contribution in [0.15, 0.2) is 30.3 Å². The summed E-state index contributed by atoms with van der Waals surface area (Å²) in [6.07, 6.45) is -15.9. The van der Waals surface area contributed by atoms with E-state index in [4.69, 9.17) is 28.4 Å². The number of phenols is 2. The fraction of sp³-hybridized carbons (Fsp3) is 0.536. The molecule has 0 bridgehead atoms. The first-order valence-electron chi connectivity index (χ1n) is 13.5. The van der Waals surface area contributed by atoms with Gasteiger partial charge in [0, 0.05) is 12.1 Å². The molecule has 0 spiro atoms. The SMILES string of the molecule is COc1ccc([C@@H]2CC(=O)c3c(O)cc(O[C@@H]4O[C@H](CO[C@@H]5O[C@H](C)[C@H](O)[C@@H](O)[C@H]5O)[C@@H](O)[C@@H](O)[C@H]4O)cc3O2)cc1O. The summed E-state index contributed by atoms with van der Waals surface area (Å²) >= 11 is 0. The van der Waals surface area contributed by atoms with Crippen LogP contribution >= 0.6 is 0 Å². The molecule has 2 aromatic rings. The summed E-state index contributed by atoms with van der Waals surface area (Å²) in [4.78, 5) is 12.9. The van der Waals surface area contributed by atoms with Gasteiger partial charge in [-0.15, -0.1) is 0 Å². The van der Waals surface area contributed by atoms with E-state index >= 15 is 0 Å². The van der Waals surface area contributed by atoms with Crippen LogP contribution in [0.5, 0.6) is 28.7 Å². The predicted octanol–water partition coefficient (Wildman–Crippen LogP) is -1.16. The molecule has 3 heterocycles. The van der Waals surface area contributed by atoms with E-state index in [2.05, 4.69) is 0 Å². The quantitative estimate of drug-likeness (QED) is 0.185. The van der Waals surface area contributed by atoms with E-state index in [1.165, 1.54) is 32.2 Å². The Morgan fingerprint density at radius 1 is 0.837 bits per heavy atom. The second-order valence-corrected chi connectivity index (χ2v) is 10.6.